The van der Waals surface area contributed by atoms with E-state index < -0.39 is 5.92 Å². The maximum absolute atomic E-state index is 12.1. The number of rotatable bonds is 11. The summed E-state index contributed by atoms with van der Waals surface area (Å²) in [7, 11) is 1.55. The Hall–Kier alpha value is -1.23. The number of hydrogen-bond acceptors (Lipinski definition) is 4. The van der Waals surface area contributed by atoms with Gasteiger partial charge < -0.3 is 10.1 Å². The van der Waals surface area contributed by atoms with Gasteiger partial charge in [0.1, 0.15) is 11.6 Å². The minimum Gasteiger partial charge on any atom is -0.383 e. The molecule has 0 saturated heterocycles. The normalized spacial score (nSPS) is 12.5. The number of hydrogen-bond donors (Lipinski definition) is 1. The van der Waals surface area contributed by atoms with E-state index in [9.17, 15) is 14.4 Å². The lowest BCUT2D eigenvalue weighted by Gasteiger charge is -2.17. The van der Waals surface area contributed by atoms with Gasteiger partial charge in [0.25, 0.3) is 0 Å². The molecule has 0 spiro atoms. The van der Waals surface area contributed by atoms with Crippen molar-refractivity contribution in [2.75, 3.05) is 20.3 Å². The van der Waals surface area contributed by atoms with Gasteiger partial charge >= 0.3 is 0 Å². The van der Waals surface area contributed by atoms with Gasteiger partial charge in [-0.2, -0.15) is 0 Å². The highest BCUT2D eigenvalue weighted by Crippen LogP contribution is 2.16. The Labute approximate surface area is 127 Å². The second kappa shape index (κ2) is 10.5. The third kappa shape index (κ3) is 9.34. The van der Waals surface area contributed by atoms with Gasteiger partial charge in [0.15, 0.2) is 0 Å². The van der Waals surface area contributed by atoms with E-state index in [1.165, 1.54) is 0 Å². The van der Waals surface area contributed by atoms with Crippen LogP contribution in [0.25, 0.3) is 0 Å². The average molecular weight is 299 g/mol. The summed E-state index contributed by atoms with van der Waals surface area (Å²) >= 11 is 0. The molecular weight excluding hydrogens is 270 g/mol. The van der Waals surface area contributed by atoms with E-state index in [4.69, 9.17) is 4.74 Å². The van der Waals surface area contributed by atoms with Crippen molar-refractivity contribution in [3.8, 4) is 0 Å². The summed E-state index contributed by atoms with van der Waals surface area (Å²) < 4.78 is 4.88. The molecule has 1 unspecified atom stereocenters. The van der Waals surface area contributed by atoms with Crippen molar-refractivity contribution in [1.29, 1.82) is 0 Å². The molecule has 0 aromatic rings. The van der Waals surface area contributed by atoms with Gasteiger partial charge in [-0.3, -0.25) is 14.4 Å². The molecule has 21 heavy (non-hydrogen) atoms. The highest BCUT2D eigenvalue weighted by Gasteiger charge is 2.25. The van der Waals surface area contributed by atoms with E-state index in [0.717, 1.165) is 0 Å². The zero-order valence-electron chi connectivity index (χ0n) is 13.9. The minimum atomic E-state index is -0.567. The quantitative estimate of drug-likeness (QED) is 0.592. The topological polar surface area (TPSA) is 72.5 Å². The third-order valence-electron chi connectivity index (χ3n) is 3.18. The predicted molar refractivity (Wildman–Crippen MR) is 81.9 cm³/mol. The molecule has 5 nitrogen and oxygen atoms in total. The lowest BCUT2D eigenvalue weighted by Crippen LogP contribution is -2.36. The lowest BCUT2D eigenvalue weighted by atomic mass is 9.89. The molecule has 0 aromatic carbocycles. The van der Waals surface area contributed by atoms with Gasteiger partial charge in [-0.25, -0.2) is 0 Å². The Morgan fingerprint density at radius 2 is 1.62 bits per heavy atom. The first-order valence-electron chi connectivity index (χ1n) is 7.59. The molecule has 5 heteroatoms. The van der Waals surface area contributed by atoms with Crippen LogP contribution in [0.15, 0.2) is 0 Å². The Morgan fingerprint density at radius 3 is 2.10 bits per heavy atom. The zero-order valence-corrected chi connectivity index (χ0v) is 13.9. The maximum atomic E-state index is 12.1. The highest BCUT2D eigenvalue weighted by atomic mass is 16.5. The molecule has 1 atom stereocenters. The first-order valence-corrected chi connectivity index (χ1v) is 7.59. The van der Waals surface area contributed by atoms with Crippen LogP contribution in [0, 0.1) is 17.8 Å². The molecule has 0 aliphatic carbocycles. The largest absolute Gasteiger partial charge is 0.383 e. The minimum absolute atomic E-state index is 0.0132. The Bertz CT molecular complexity index is 350. The molecular formula is C16H29NO4. The van der Waals surface area contributed by atoms with E-state index in [1.807, 2.05) is 13.8 Å². The molecule has 122 valence electrons. The molecule has 0 rings (SSSR count). The Morgan fingerprint density at radius 1 is 1.00 bits per heavy atom. The Balaban J connectivity index is 4.63. The van der Waals surface area contributed by atoms with Gasteiger partial charge in [-0.1, -0.05) is 27.7 Å². The van der Waals surface area contributed by atoms with Crippen molar-refractivity contribution in [1.82, 2.24) is 5.32 Å². The fraction of sp³-hybridized carbons (Fsp3) is 0.812. The summed E-state index contributed by atoms with van der Waals surface area (Å²) in [4.78, 5) is 35.9. The van der Waals surface area contributed by atoms with Crippen molar-refractivity contribution in [2.45, 2.75) is 47.0 Å². The van der Waals surface area contributed by atoms with Crippen LogP contribution in [0.2, 0.25) is 0 Å². The fourth-order valence-corrected chi connectivity index (χ4v) is 1.97. The molecule has 0 fully saturated rings. The predicted octanol–water partition coefficient (Wildman–Crippen LogP) is 1.99. The summed E-state index contributed by atoms with van der Waals surface area (Å²) in [6.07, 6.45) is 0.702. The SMILES string of the molecule is COCCNC(=O)C(CC(=O)CC(C)C)CC(=O)C(C)C. The average Bonchev–Trinajstić information content (AvgIpc) is 2.36. The van der Waals surface area contributed by atoms with Gasteiger partial charge in [0.2, 0.25) is 5.91 Å². The van der Waals surface area contributed by atoms with Crippen LogP contribution >= 0.6 is 0 Å². The van der Waals surface area contributed by atoms with Crippen molar-refractivity contribution >= 4 is 17.5 Å². The molecule has 1 amide bonds. The molecule has 0 bridgehead atoms. The van der Waals surface area contributed by atoms with Crippen molar-refractivity contribution in [3.05, 3.63) is 0 Å². The molecule has 1 N–H and O–H groups in total. The fourth-order valence-electron chi connectivity index (χ4n) is 1.97. The van der Waals surface area contributed by atoms with Crippen LogP contribution in [0.1, 0.15) is 47.0 Å². The number of ether oxygens (including phenoxy) is 1. The molecule has 0 aliphatic heterocycles. The highest BCUT2D eigenvalue weighted by molar-refractivity contribution is 5.91. The maximum Gasteiger partial charge on any atom is 0.224 e. The molecule has 0 aromatic heterocycles. The van der Waals surface area contributed by atoms with Crippen LogP contribution < -0.4 is 5.32 Å². The van der Waals surface area contributed by atoms with Crippen molar-refractivity contribution in [3.63, 3.8) is 0 Å². The van der Waals surface area contributed by atoms with Gasteiger partial charge in [0.05, 0.1) is 12.5 Å². The van der Waals surface area contributed by atoms with E-state index in [-0.39, 0.29) is 42.2 Å². The first-order chi connectivity index (χ1) is 9.77. The van der Waals surface area contributed by atoms with Crippen molar-refractivity contribution in [2.24, 2.45) is 17.8 Å². The zero-order chi connectivity index (χ0) is 16.4. The summed E-state index contributed by atoms with van der Waals surface area (Å²) in [5, 5.41) is 2.72. The van der Waals surface area contributed by atoms with Crippen LogP contribution in [-0.2, 0) is 19.1 Å². The number of methoxy groups -OCH3 is 1. The smallest absolute Gasteiger partial charge is 0.224 e. The van der Waals surface area contributed by atoms with E-state index in [1.54, 1.807) is 21.0 Å². The summed E-state index contributed by atoms with van der Waals surface area (Å²) in [6.45, 7) is 8.34. The second-order valence-electron chi connectivity index (χ2n) is 6.15. The van der Waals surface area contributed by atoms with Gasteiger partial charge in [-0.15, -0.1) is 0 Å². The van der Waals surface area contributed by atoms with Crippen LogP contribution in [0.3, 0.4) is 0 Å². The molecule has 0 heterocycles. The summed E-state index contributed by atoms with van der Waals surface area (Å²) in [5.41, 5.74) is 0. The van der Waals surface area contributed by atoms with E-state index in [2.05, 4.69) is 5.32 Å². The Kier molecular flexibility index (Phi) is 9.88. The van der Waals surface area contributed by atoms with Crippen LogP contribution in [0.5, 0.6) is 0 Å². The summed E-state index contributed by atoms with van der Waals surface area (Å²) in [5.74, 6) is -0.621. The molecule has 0 aliphatic rings. The monoisotopic (exact) mass is 299 g/mol. The van der Waals surface area contributed by atoms with Crippen molar-refractivity contribution < 1.29 is 19.1 Å². The van der Waals surface area contributed by atoms with Gasteiger partial charge in [0, 0.05) is 38.8 Å². The second-order valence-corrected chi connectivity index (χ2v) is 6.15. The number of Topliss-reactive ketones (excluding diaryl/α,β-unsaturated/α-hetero) is 2. The number of carbonyl (C=O) groups is 3. The molecule has 0 radical (unpaired) electrons. The lowest BCUT2D eigenvalue weighted by molar-refractivity contribution is -0.133. The number of nitrogens with one attached hydrogen (secondary N) is 1. The number of carbonyl (C=O) groups excluding carboxylic acids is 3. The van der Waals surface area contributed by atoms with E-state index >= 15 is 0 Å². The standard InChI is InChI=1S/C16H29NO4/c1-11(2)8-14(18)9-13(10-15(19)12(3)4)16(20)17-6-7-21-5/h11-13H,6-10H2,1-5H3,(H,17,20). The number of amides is 1. The van der Waals surface area contributed by atoms with Crippen LogP contribution in [-0.4, -0.2) is 37.7 Å². The van der Waals surface area contributed by atoms with E-state index in [0.29, 0.717) is 19.6 Å². The van der Waals surface area contributed by atoms with Crippen LogP contribution in [0.4, 0.5) is 0 Å². The third-order valence-corrected chi connectivity index (χ3v) is 3.18. The number of ketones is 2. The molecule has 0 saturated carbocycles. The van der Waals surface area contributed by atoms with Gasteiger partial charge in [-0.05, 0) is 5.92 Å². The summed E-state index contributed by atoms with van der Waals surface area (Å²) in [6, 6.07) is 0. The first kappa shape index (κ1) is 19.8.